The van der Waals surface area contributed by atoms with E-state index < -0.39 is 57.7 Å². The van der Waals surface area contributed by atoms with Crippen molar-refractivity contribution in [2.75, 3.05) is 13.7 Å². The van der Waals surface area contributed by atoms with Crippen molar-refractivity contribution >= 4 is 38.6 Å². The van der Waals surface area contributed by atoms with Crippen molar-refractivity contribution in [1.82, 2.24) is 25.2 Å². The van der Waals surface area contributed by atoms with Crippen LogP contribution in [-0.2, 0) is 35.6 Å². The number of carbonyl (C=O) groups excluding carboxylic acids is 3. The van der Waals surface area contributed by atoms with Gasteiger partial charge in [-0.15, -0.1) is 6.58 Å². The maximum absolute atomic E-state index is 15.0. The highest BCUT2D eigenvalue weighted by molar-refractivity contribution is 7.90. The lowest BCUT2D eigenvalue weighted by Crippen LogP contribution is -2.69. The van der Waals surface area contributed by atoms with E-state index in [1.54, 1.807) is 12.0 Å². The SMILES string of the molecule is C=C[C@@H]1OC(NS(=O)(=O)C2CC2)C1NC(=O)[C@@H]1C[C@@H]2CN1C(=O)[C@H](C1CCCC1)NC(=O)CCCC(C)CCCCc1cc3c(cc(-c4ccccc4)nc3cc1OC)O2. The van der Waals surface area contributed by atoms with Gasteiger partial charge in [0.05, 0.1) is 36.2 Å². The Morgan fingerprint density at radius 2 is 1.73 bits per heavy atom. The van der Waals surface area contributed by atoms with E-state index in [-0.39, 0.29) is 30.7 Å². The van der Waals surface area contributed by atoms with E-state index in [1.807, 2.05) is 42.5 Å². The predicted octanol–water partition coefficient (Wildman–Crippen LogP) is 5.94. The summed E-state index contributed by atoms with van der Waals surface area (Å²) in [5.41, 5.74) is 3.37. The third kappa shape index (κ3) is 9.35. The average Bonchev–Trinajstić information content (AvgIpc) is 3.82. The highest BCUT2D eigenvalue weighted by Crippen LogP contribution is 2.38. The third-order valence-electron chi connectivity index (χ3n) is 13.1. The molecule has 3 unspecified atom stereocenters. The van der Waals surface area contributed by atoms with Crippen LogP contribution < -0.4 is 24.8 Å². The number of methoxy groups -OCH3 is 1. The van der Waals surface area contributed by atoms with E-state index in [0.717, 1.165) is 86.5 Å². The fourth-order valence-corrected chi connectivity index (χ4v) is 11.0. The second-order valence-corrected chi connectivity index (χ2v) is 19.5. The zero-order chi connectivity index (χ0) is 42.0. The van der Waals surface area contributed by atoms with E-state index in [1.165, 1.54) is 6.08 Å². The summed E-state index contributed by atoms with van der Waals surface area (Å²) in [6, 6.07) is 13.4. The van der Waals surface area contributed by atoms with Crippen LogP contribution in [0.25, 0.3) is 22.2 Å². The van der Waals surface area contributed by atoms with Gasteiger partial charge in [0, 0.05) is 35.9 Å². The third-order valence-corrected chi connectivity index (χ3v) is 15.0. The van der Waals surface area contributed by atoms with E-state index in [4.69, 9.17) is 19.2 Å². The number of aromatic nitrogens is 1. The smallest absolute Gasteiger partial charge is 0.246 e. The predicted molar refractivity (Wildman–Crippen MR) is 229 cm³/mol. The molecule has 3 aromatic rings. The number of ether oxygens (including phenoxy) is 3. The lowest BCUT2D eigenvalue weighted by atomic mass is 9.94. The zero-order valence-corrected chi connectivity index (χ0v) is 35.6. The van der Waals surface area contributed by atoms with Gasteiger partial charge in [0.25, 0.3) is 0 Å². The van der Waals surface area contributed by atoms with Crippen molar-refractivity contribution in [3.05, 3.63) is 66.7 Å². The molecule has 8 rings (SSSR count). The van der Waals surface area contributed by atoms with Crippen LogP contribution in [0.5, 0.6) is 11.5 Å². The molecule has 2 aromatic carbocycles. The summed E-state index contributed by atoms with van der Waals surface area (Å²) in [7, 11) is -1.95. The van der Waals surface area contributed by atoms with Crippen molar-refractivity contribution in [3.63, 3.8) is 0 Å². The Kier molecular flexibility index (Phi) is 12.8. The Labute approximate surface area is 353 Å². The Balaban J connectivity index is 1.16. The molecule has 5 aliphatic rings. The minimum atomic E-state index is -3.63. The second kappa shape index (κ2) is 18.2. The molecule has 2 saturated heterocycles. The maximum Gasteiger partial charge on any atom is 0.246 e. The summed E-state index contributed by atoms with van der Waals surface area (Å²) in [5.74, 6) is 0.816. The highest BCUT2D eigenvalue weighted by atomic mass is 32.2. The van der Waals surface area contributed by atoms with Crippen molar-refractivity contribution in [2.24, 2.45) is 11.8 Å². The van der Waals surface area contributed by atoms with Gasteiger partial charge in [-0.25, -0.2) is 13.4 Å². The molecule has 3 amide bonds. The number of sulfonamides is 1. The van der Waals surface area contributed by atoms with Crippen LogP contribution in [0.3, 0.4) is 0 Å². The quantitative estimate of drug-likeness (QED) is 0.221. The molecule has 0 radical (unpaired) electrons. The van der Waals surface area contributed by atoms with E-state index >= 15 is 0 Å². The lowest BCUT2D eigenvalue weighted by Gasteiger charge is -2.44. The number of fused-ring (bicyclic) bond motifs is 3. The number of aryl methyl sites for hydroxylation is 1. The lowest BCUT2D eigenvalue weighted by molar-refractivity contribution is -0.155. The van der Waals surface area contributed by atoms with Gasteiger partial charge in [-0.05, 0) is 68.4 Å². The average molecular weight is 842 g/mol. The number of benzene rings is 2. The first-order valence-electron chi connectivity index (χ1n) is 21.9. The molecule has 3 N–H and O–H groups in total. The fourth-order valence-electron chi connectivity index (χ4n) is 9.50. The number of nitrogens with one attached hydrogen (secondary N) is 3. The summed E-state index contributed by atoms with van der Waals surface area (Å²) in [6.07, 6.45) is 10.0. The van der Waals surface area contributed by atoms with Crippen LogP contribution in [-0.4, -0.2) is 91.5 Å². The number of hydrogen-bond donors (Lipinski definition) is 3. The first kappa shape index (κ1) is 42.2. The van der Waals surface area contributed by atoms with Crippen LogP contribution in [0, 0.1) is 11.8 Å². The van der Waals surface area contributed by atoms with E-state index in [9.17, 15) is 22.8 Å². The molecule has 2 aliphatic carbocycles. The largest absolute Gasteiger partial charge is 0.496 e. The molecule has 7 atom stereocenters. The van der Waals surface area contributed by atoms with Gasteiger partial charge in [0.15, 0.2) is 0 Å². The molecule has 4 bridgehead atoms. The number of hydrogen-bond acceptors (Lipinski definition) is 9. The van der Waals surface area contributed by atoms with E-state index in [0.29, 0.717) is 42.1 Å². The molecular weight excluding hydrogens is 783 g/mol. The highest BCUT2D eigenvalue weighted by Gasteiger charge is 2.50. The minimum absolute atomic E-state index is 0.0562. The maximum atomic E-state index is 15.0. The van der Waals surface area contributed by atoms with Crippen LogP contribution in [0.15, 0.2) is 61.2 Å². The van der Waals surface area contributed by atoms with Gasteiger partial charge in [0.2, 0.25) is 27.7 Å². The van der Waals surface area contributed by atoms with Gasteiger partial charge in [0.1, 0.15) is 42.0 Å². The molecule has 2 saturated carbocycles. The summed E-state index contributed by atoms with van der Waals surface area (Å²) < 4.78 is 47.0. The van der Waals surface area contributed by atoms with Crippen molar-refractivity contribution < 1.29 is 37.0 Å². The molecule has 1 aromatic heterocycles. The summed E-state index contributed by atoms with van der Waals surface area (Å²) in [6.45, 7) is 6.17. The summed E-state index contributed by atoms with van der Waals surface area (Å²) in [5, 5.41) is 6.50. The molecule has 322 valence electrons. The monoisotopic (exact) mass is 841 g/mol. The van der Waals surface area contributed by atoms with Gasteiger partial charge in [-0.1, -0.05) is 75.4 Å². The molecule has 3 aliphatic heterocycles. The van der Waals surface area contributed by atoms with Gasteiger partial charge >= 0.3 is 0 Å². The van der Waals surface area contributed by atoms with Crippen molar-refractivity contribution in [3.8, 4) is 22.8 Å². The fraction of sp³-hybridized carbons (Fsp3) is 0.565. The number of pyridine rings is 1. The summed E-state index contributed by atoms with van der Waals surface area (Å²) >= 11 is 0. The normalized spacial score (nSPS) is 28.4. The first-order valence-corrected chi connectivity index (χ1v) is 23.5. The molecule has 0 spiro atoms. The number of amides is 3. The van der Waals surface area contributed by atoms with Gasteiger partial charge < -0.3 is 29.7 Å². The zero-order valence-electron chi connectivity index (χ0n) is 34.8. The minimum Gasteiger partial charge on any atom is -0.496 e. The van der Waals surface area contributed by atoms with Crippen LogP contribution in [0.1, 0.15) is 96.0 Å². The topological polar surface area (TPSA) is 165 Å². The number of nitrogens with zero attached hydrogens (tertiary/aromatic N) is 2. The summed E-state index contributed by atoms with van der Waals surface area (Å²) in [4.78, 5) is 49.7. The Bertz CT molecular complexity index is 2180. The molecular formula is C46H59N5O8S. The Morgan fingerprint density at radius 3 is 2.47 bits per heavy atom. The molecule has 14 heteroatoms. The Hall–Kier alpha value is -4.53. The number of rotatable bonds is 9. The van der Waals surface area contributed by atoms with Crippen LogP contribution in [0.2, 0.25) is 0 Å². The molecule has 13 nitrogen and oxygen atoms in total. The van der Waals surface area contributed by atoms with Crippen LogP contribution in [0.4, 0.5) is 0 Å². The first-order chi connectivity index (χ1) is 29.0. The van der Waals surface area contributed by atoms with Gasteiger partial charge in [-0.3, -0.25) is 14.4 Å². The molecule has 60 heavy (non-hydrogen) atoms. The van der Waals surface area contributed by atoms with Crippen LogP contribution >= 0.6 is 0 Å². The Morgan fingerprint density at radius 1 is 0.983 bits per heavy atom. The van der Waals surface area contributed by atoms with E-state index in [2.05, 4.69) is 34.9 Å². The molecule has 4 heterocycles. The molecule has 4 fully saturated rings. The van der Waals surface area contributed by atoms with Gasteiger partial charge in [-0.2, -0.15) is 4.72 Å². The second-order valence-electron chi connectivity index (χ2n) is 17.5. The van der Waals surface area contributed by atoms with Crippen molar-refractivity contribution in [2.45, 2.75) is 139 Å². The number of carbonyl (C=O) groups is 3. The standard InChI is InChI=1S/C46H59N5O8S/c1-4-38-43(45(59-38)50-60(55,56)33-21-22-33)49-44(53)37-24-32-27-51(37)46(54)42(30-17-10-11-18-30)48-41(52)20-12-14-28(2)13-8-9-19-31-23-34-36(26-39(31)57-3)47-35(25-40(34)58-32)29-15-6-5-7-16-29/h4-7,15-16,23,25-26,28,30,32-33,37-38,42-43,45,50H,1,8-14,17-22,24,27H2,2-3H3,(H,48,52)(H,49,53)/t28?,32-,37+,38+,42+,43?,45?/m1/s1. The van der Waals surface area contributed by atoms with Crippen molar-refractivity contribution in [1.29, 1.82) is 0 Å².